The number of fused-ring (bicyclic) bond motifs is 1. The predicted molar refractivity (Wildman–Crippen MR) is 104 cm³/mol. The fraction of sp³-hybridized carbons (Fsp3) is 0.0870. The lowest BCUT2D eigenvalue weighted by atomic mass is 10.0. The molecule has 122 valence electrons. The Hall–Kier alpha value is -3.13. The molecule has 0 amide bonds. The molecule has 0 atom stereocenters. The van der Waals surface area contributed by atoms with E-state index < -0.39 is 0 Å². The molecule has 0 bridgehead atoms. The molecule has 0 aliphatic heterocycles. The van der Waals surface area contributed by atoms with Gasteiger partial charge in [0.1, 0.15) is 0 Å². The van der Waals surface area contributed by atoms with Crippen LogP contribution < -0.4 is 5.56 Å². The highest BCUT2D eigenvalue weighted by atomic mass is 16.1. The molecule has 0 N–H and O–H groups in total. The van der Waals surface area contributed by atoms with Crippen molar-refractivity contribution in [2.75, 3.05) is 0 Å². The summed E-state index contributed by atoms with van der Waals surface area (Å²) >= 11 is 0. The summed E-state index contributed by atoms with van der Waals surface area (Å²) in [6, 6.07) is 26.2. The van der Waals surface area contributed by atoms with E-state index in [2.05, 4.69) is 38.1 Å². The Morgan fingerprint density at radius 3 is 2.08 bits per heavy atom. The van der Waals surface area contributed by atoms with Crippen LogP contribution in [0.3, 0.4) is 0 Å². The zero-order valence-corrected chi connectivity index (χ0v) is 14.4. The Bertz CT molecular complexity index is 1100. The van der Waals surface area contributed by atoms with Crippen LogP contribution in [0.1, 0.15) is 11.1 Å². The lowest BCUT2D eigenvalue weighted by Gasteiger charge is -2.16. The average molecular weight is 325 g/mol. The summed E-state index contributed by atoms with van der Waals surface area (Å²) in [6.45, 7) is 4.12. The van der Waals surface area contributed by atoms with Crippen molar-refractivity contribution < 1.29 is 0 Å². The summed E-state index contributed by atoms with van der Waals surface area (Å²) in [6.07, 6.45) is 0. The smallest absolute Gasteiger partial charge is 0.263 e. The molecule has 0 aliphatic rings. The van der Waals surface area contributed by atoms with Crippen LogP contribution in [0.15, 0.2) is 83.7 Å². The molecule has 4 aromatic rings. The zero-order valence-electron chi connectivity index (χ0n) is 14.4. The van der Waals surface area contributed by atoms with Crippen LogP contribution in [0.25, 0.3) is 27.7 Å². The van der Waals surface area contributed by atoms with E-state index >= 15 is 0 Å². The van der Waals surface area contributed by atoms with Gasteiger partial charge in [0.2, 0.25) is 0 Å². The van der Waals surface area contributed by atoms with E-state index in [0.29, 0.717) is 0 Å². The summed E-state index contributed by atoms with van der Waals surface area (Å²) in [5, 5.41) is 1.70. The monoisotopic (exact) mass is 325 g/mol. The molecule has 1 heterocycles. The zero-order chi connectivity index (χ0) is 17.4. The Morgan fingerprint density at radius 1 is 0.720 bits per heavy atom. The van der Waals surface area contributed by atoms with Gasteiger partial charge in [-0.1, -0.05) is 54.6 Å². The SMILES string of the molecule is Cc1cc(C)cc(-n2c(-c3ccccc3)cc3ccccc3c2=O)c1. The van der Waals surface area contributed by atoms with E-state index in [9.17, 15) is 4.79 Å². The molecule has 0 fully saturated rings. The van der Waals surface area contributed by atoms with Crippen LogP contribution in [0.5, 0.6) is 0 Å². The summed E-state index contributed by atoms with van der Waals surface area (Å²) in [5.41, 5.74) is 5.16. The first-order valence-electron chi connectivity index (χ1n) is 8.42. The highest BCUT2D eigenvalue weighted by Gasteiger charge is 2.13. The lowest BCUT2D eigenvalue weighted by Crippen LogP contribution is -2.20. The average Bonchev–Trinajstić information content (AvgIpc) is 2.61. The second-order valence-corrected chi connectivity index (χ2v) is 6.47. The topological polar surface area (TPSA) is 22.0 Å². The quantitative estimate of drug-likeness (QED) is 0.492. The molecule has 0 saturated carbocycles. The lowest BCUT2D eigenvalue weighted by molar-refractivity contribution is 1.01. The van der Waals surface area contributed by atoms with E-state index in [0.717, 1.165) is 38.8 Å². The predicted octanol–water partition coefficient (Wildman–Crippen LogP) is 5.27. The van der Waals surface area contributed by atoms with Crippen LogP contribution in [0, 0.1) is 13.8 Å². The van der Waals surface area contributed by atoms with Crippen molar-refractivity contribution in [1.29, 1.82) is 0 Å². The number of hydrogen-bond donors (Lipinski definition) is 0. The van der Waals surface area contributed by atoms with E-state index in [1.54, 1.807) is 0 Å². The molecule has 4 rings (SSSR count). The van der Waals surface area contributed by atoms with E-state index in [1.165, 1.54) is 0 Å². The molecule has 0 aliphatic carbocycles. The van der Waals surface area contributed by atoms with Gasteiger partial charge in [0, 0.05) is 11.1 Å². The molecule has 0 unspecified atom stereocenters. The minimum Gasteiger partial charge on any atom is -0.276 e. The van der Waals surface area contributed by atoms with Crippen molar-refractivity contribution in [3.05, 3.63) is 100 Å². The Balaban J connectivity index is 2.14. The fourth-order valence-electron chi connectivity index (χ4n) is 3.42. The standard InChI is InChI=1S/C23H19NO/c1-16-12-17(2)14-20(13-16)24-22(18-8-4-3-5-9-18)15-19-10-6-7-11-21(19)23(24)25/h3-15H,1-2H3. The number of aryl methyl sites for hydroxylation is 2. The molecule has 3 aromatic carbocycles. The second kappa shape index (κ2) is 6.06. The van der Waals surface area contributed by atoms with Crippen molar-refractivity contribution in [2.24, 2.45) is 0 Å². The Labute approximate surface area is 147 Å². The Morgan fingerprint density at radius 2 is 1.36 bits per heavy atom. The highest BCUT2D eigenvalue weighted by molar-refractivity contribution is 5.86. The van der Waals surface area contributed by atoms with Gasteiger partial charge in [0.05, 0.1) is 5.69 Å². The summed E-state index contributed by atoms with van der Waals surface area (Å²) < 4.78 is 1.83. The summed E-state index contributed by atoms with van der Waals surface area (Å²) in [7, 11) is 0. The van der Waals surface area contributed by atoms with Gasteiger partial charge < -0.3 is 0 Å². The van der Waals surface area contributed by atoms with Gasteiger partial charge in [-0.25, -0.2) is 0 Å². The van der Waals surface area contributed by atoms with Gasteiger partial charge in [-0.15, -0.1) is 0 Å². The van der Waals surface area contributed by atoms with Gasteiger partial charge in [0.15, 0.2) is 0 Å². The first-order chi connectivity index (χ1) is 12.1. The normalized spacial score (nSPS) is 11.0. The van der Waals surface area contributed by atoms with E-state index in [1.807, 2.05) is 59.2 Å². The maximum absolute atomic E-state index is 13.3. The van der Waals surface area contributed by atoms with Crippen LogP contribution in [-0.4, -0.2) is 4.57 Å². The van der Waals surface area contributed by atoms with Crippen LogP contribution in [-0.2, 0) is 0 Å². The van der Waals surface area contributed by atoms with Crippen molar-refractivity contribution in [3.8, 4) is 16.9 Å². The molecule has 2 heteroatoms. The van der Waals surface area contributed by atoms with Crippen LogP contribution in [0.4, 0.5) is 0 Å². The molecule has 1 aromatic heterocycles. The van der Waals surface area contributed by atoms with Crippen LogP contribution in [0.2, 0.25) is 0 Å². The molecule has 0 spiro atoms. The number of rotatable bonds is 2. The number of aromatic nitrogens is 1. The van der Waals surface area contributed by atoms with Gasteiger partial charge in [-0.2, -0.15) is 0 Å². The first-order valence-corrected chi connectivity index (χ1v) is 8.42. The largest absolute Gasteiger partial charge is 0.276 e. The molecule has 2 nitrogen and oxygen atoms in total. The maximum Gasteiger partial charge on any atom is 0.263 e. The first kappa shape index (κ1) is 15.4. The second-order valence-electron chi connectivity index (χ2n) is 6.47. The maximum atomic E-state index is 13.3. The third kappa shape index (κ3) is 2.76. The Kier molecular flexibility index (Phi) is 3.73. The van der Waals surface area contributed by atoms with Gasteiger partial charge >= 0.3 is 0 Å². The minimum absolute atomic E-state index is 0.0157. The molecule has 0 radical (unpaired) electrons. The molecule has 0 saturated heterocycles. The number of benzene rings is 3. The van der Waals surface area contributed by atoms with Crippen molar-refractivity contribution in [2.45, 2.75) is 13.8 Å². The van der Waals surface area contributed by atoms with E-state index in [4.69, 9.17) is 0 Å². The van der Waals surface area contributed by atoms with Gasteiger partial charge in [0.25, 0.3) is 5.56 Å². The molecule has 25 heavy (non-hydrogen) atoms. The van der Waals surface area contributed by atoms with Crippen molar-refractivity contribution in [1.82, 2.24) is 4.57 Å². The molecular weight excluding hydrogens is 306 g/mol. The third-order valence-corrected chi connectivity index (χ3v) is 4.46. The molecular formula is C23H19NO. The number of pyridine rings is 1. The van der Waals surface area contributed by atoms with Crippen molar-refractivity contribution >= 4 is 10.8 Å². The van der Waals surface area contributed by atoms with Gasteiger partial charge in [-0.05, 0) is 60.2 Å². The number of hydrogen-bond acceptors (Lipinski definition) is 1. The fourth-order valence-corrected chi connectivity index (χ4v) is 3.42. The van der Waals surface area contributed by atoms with Crippen LogP contribution >= 0.6 is 0 Å². The van der Waals surface area contributed by atoms with Crippen molar-refractivity contribution in [3.63, 3.8) is 0 Å². The summed E-state index contributed by atoms with van der Waals surface area (Å²) in [5.74, 6) is 0. The van der Waals surface area contributed by atoms with Gasteiger partial charge in [-0.3, -0.25) is 9.36 Å². The summed E-state index contributed by atoms with van der Waals surface area (Å²) in [4.78, 5) is 13.3. The van der Waals surface area contributed by atoms with E-state index in [-0.39, 0.29) is 5.56 Å². The highest BCUT2D eigenvalue weighted by Crippen LogP contribution is 2.25. The third-order valence-electron chi connectivity index (χ3n) is 4.46. The number of nitrogens with zero attached hydrogens (tertiary/aromatic N) is 1. The minimum atomic E-state index is 0.0157.